The fourth-order valence-corrected chi connectivity index (χ4v) is 2.02. The predicted octanol–water partition coefficient (Wildman–Crippen LogP) is 1.59. The van der Waals surface area contributed by atoms with E-state index in [0.717, 1.165) is 6.07 Å². The second kappa shape index (κ2) is 5.08. The summed E-state index contributed by atoms with van der Waals surface area (Å²) in [6.07, 6.45) is -5.54. The Balaban J connectivity index is 2.28. The summed E-state index contributed by atoms with van der Waals surface area (Å²) in [7, 11) is 0. The number of hydrogen-bond donors (Lipinski definition) is 1. The molecule has 6 nitrogen and oxygen atoms in total. The Labute approximate surface area is 111 Å². The Hall–Kier alpha value is -2.16. The Kier molecular flexibility index (Phi) is 3.62. The minimum Gasteiger partial charge on any atom is -0.313 e. The van der Waals surface area contributed by atoms with E-state index in [9.17, 15) is 28.1 Å². The molecule has 1 aromatic carbocycles. The molecule has 1 aromatic rings. The third kappa shape index (κ3) is 3.05. The number of halogens is 3. The number of benzene rings is 1. The molecule has 0 spiro atoms. The van der Waals surface area contributed by atoms with Crippen LogP contribution in [0.1, 0.15) is 11.7 Å². The molecule has 1 atom stereocenters. The molecule has 1 aliphatic rings. The Morgan fingerprint density at radius 2 is 2.15 bits per heavy atom. The van der Waals surface area contributed by atoms with Gasteiger partial charge in [-0.15, -0.1) is 0 Å². The molecular weight excluding hydrogens is 279 g/mol. The van der Waals surface area contributed by atoms with Crippen LogP contribution in [0.15, 0.2) is 24.3 Å². The molecule has 108 valence electrons. The second-order valence-corrected chi connectivity index (χ2v) is 4.27. The van der Waals surface area contributed by atoms with Gasteiger partial charge in [-0.2, -0.15) is 13.2 Å². The van der Waals surface area contributed by atoms with Crippen molar-refractivity contribution >= 4 is 11.6 Å². The average molecular weight is 289 g/mol. The molecule has 0 radical (unpaired) electrons. The number of nitro benzene ring substituents is 1. The Bertz CT molecular complexity index is 547. The van der Waals surface area contributed by atoms with Crippen molar-refractivity contribution in [3.8, 4) is 0 Å². The molecule has 0 aromatic heterocycles. The van der Waals surface area contributed by atoms with Crippen molar-refractivity contribution in [1.29, 1.82) is 0 Å². The van der Waals surface area contributed by atoms with E-state index in [1.807, 2.05) is 0 Å². The number of non-ortho nitro benzene ring substituents is 1. The van der Waals surface area contributed by atoms with Gasteiger partial charge in [-0.25, -0.2) is 0 Å². The van der Waals surface area contributed by atoms with E-state index in [4.69, 9.17) is 0 Å². The number of alkyl halides is 3. The molecule has 1 unspecified atom stereocenters. The van der Waals surface area contributed by atoms with Gasteiger partial charge < -0.3 is 4.90 Å². The van der Waals surface area contributed by atoms with Gasteiger partial charge in [0, 0.05) is 12.1 Å². The Morgan fingerprint density at radius 3 is 2.75 bits per heavy atom. The molecule has 0 saturated carbocycles. The van der Waals surface area contributed by atoms with Crippen LogP contribution in [0.25, 0.3) is 0 Å². The van der Waals surface area contributed by atoms with Gasteiger partial charge in [-0.05, 0) is 5.56 Å². The first-order chi connectivity index (χ1) is 9.28. The molecular formula is C11H10F3N3O3. The SMILES string of the molecule is O=C1CNC(c2cccc([N+](=O)[O-])c2)N1CC(F)(F)F. The number of carbonyl (C=O) groups excluding carboxylic acids is 1. The van der Waals surface area contributed by atoms with E-state index < -0.39 is 29.7 Å². The molecule has 2 rings (SSSR count). The molecule has 20 heavy (non-hydrogen) atoms. The lowest BCUT2D eigenvalue weighted by Crippen LogP contribution is -2.38. The zero-order chi connectivity index (χ0) is 14.9. The molecule has 1 saturated heterocycles. The van der Waals surface area contributed by atoms with Gasteiger partial charge in [0.05, 0.1) is 11.5 Å². The largest absolute Gasteiger partial charge is 0.406 e. The number of rotatable bonds is 3. The molecule has 1 fully saturated rings. The zero-order valence-electron chi connectivity index (χ0n) is 10.1. The molecule has 0 bridgehead atoms. The van der Waals surface area contributed by atoms with Gasteiger partial charge in [-0.3, -0.25) is 20.2 Å². The van der Waals surface area contributed by atoms with Crippen LogP contribution in [-0.2, 0) is 4.79 Å². The summed E-state index contributed by atoms with van der Waals surface area (Å²) in [5.41, 5.74) is 0.00454. The molecule has 0 aliphatic carbocycles. The average Bonchev–Trinajstić information content (AvgIpc) is 2.69. The smallest absolute Gasteiger partial charge is 0.313 e. The highest BCUT2D eigenvalue weighted by Crippen LogP contribution is 2.28. The summed E-state index contributed by atoms with van der Waals surface area (Å²) in [6, 6.07) is 5.18. The quantitative estimate of drug-likeness (QED) is 0.677. The van der Waals surface area contributed by atoms with E-state index >= 15 is 0 Å². The first-order valence-corrected chi connectivity index (χ1v) is 5.62. The van der Waals surface area contributed by atoms with Crippen molar-refractivity contribution in [3.05, 3.63) is 39.9 Å². The van der Waals surface area contributed by atoms with Crippen molar-refractivity contribution in [3.63, 3.8) is 0 Å². The van der Waals surface area contributed by atoms with Crippen molar-refractivity contribution in [2.24, 2.45) is 0 Å². The van der Waals surface area contributed by atoms with Crippen molar-refractivity contribution < 1.29 is 22.9 Å². The van der Waals surface area contributed by atoms with Crippen LogP contribution in [0.5, 0.6) is 0 Å². The summed E-state index contributed by atoms with van der Waals surface area (Å²) < 4.78 is 37.3. The lowest BCUT2D eigenvalue weighted by Gasteiger charge is -2.25. The highest BCUT2D eigenvalue weighted by molar-refractivity contribution is 5.81. The maximum absolute atomic E-state index is 12.4. The molecule has 1 N–H and O–H groups in total. The van der Waals surface area contributed by atoms with Crippen LogP contribution in [0, 0.1) is 10.1 Å². The summed E-state index contributed by atoms with van der Waals surface area (Å²) in [4.78, 5) is 22.1. The van der Waals surface area contributed by atoms with Gasteiger partial charge >= 0.3 is 6.18 Å². The number of amides is 1. The van der Waals surface area contributed by atoms with Crippen LogP contribution in [-0.4, -0.2) is 35.0 Å². The molecule has 1 heterocycles. The fraction of sp³-hybridized carbons (Fsp3) is 0.364. The number of nitro groups is 1. The third-order valence-corrected chi connectivity index (χ3v) is 2.83. The highest BCUT2D eigenvalue weighted by atomic mass is 19.4. The van der Waals surface area contributed by atoms with Crippen LogP contribution < -0.4 is 5.32 Å². The fourth-order valence-electron chi connectivity index (χ4n) is 2.02. The minimum absolute atomic E-state index is 0.233. The maximum Gasteiger partial charge on any atom is 0.406 e. The second-order valence-electron chi connectivity index (χ2n) is 4.27. The van der Waals surface area contributed by atoms with Crippen LogP contribution in [0.2, 0.25) is 0 Å². The van der Waals surface area contributed by atoms with E-state index in [-0.39, 0.29) is 17.8 Å². The molecule has 9 heteroatoms. The van der Waals surface area contributed by atoms with Gasteiger partial charge in [-0.1, -0.05) is 12.1 Å². The van der Waals surface area contributed by atoms with Crippen molar-refractivity contribution in [2.45, 2.75) is 12.3 Å². The third-order valence-electron chi connectivity index (χ3n) is 2.83. The van der Waals surface area contributed by atoms with Gasteiger partial charge in [0.15, 0.2) is 0 Å². The van der Waals surface area contributed by atoms with E-state index in [1.165, 1.54) is 18.2 Å². The van der Waals surface area contributed by atoms with Crippen molar-refractivity contribution in [1.82, 2.24) is 10.2 Å². The standard InChI is InChI=1S/C11H10F3N3O3/c12-11(13,14)6-16-9(18)5-15-10(16)7-2-1-3-8(4-7)17(19)20/h1-4,10,15H,5-6H2. The molecule has 1 aliphatic heterocycles. The zero-order valence-corrected chi connectivity index (χ0v) is 10.1. The monoisotopic (exact) mass is 289 g/mol. The first kappa shape index (κ1) is 14.3. The predicted molar refractivity (Wildman–Crippen MR) is 61.6 cm³/mol. The number of nitrogens with one attached hydrogen (secondary N) is 1. The number of hydrogen-bond acceptors (Lipinski definition) is 4. The van der Waals surface area contributed by atoms with Gasteiger partial charge in [0.25, 0.3) is 5.69 Å². The van der Waals surface area contributed by atoms with E-state index in [0.29, 0.717) is 4.90 Å². The summed E-state index contributed by atoms with van der Waals surface area (Å²) in [6.45, 7) is -1.63. The maximum atomic E-state index is 12.4. The highest BCUT2D eigenvalue weighted by Gasteiger charge is 2.40. The lowest BCUT2D eigenvalue weighted by atomic mass is 10.1. The van der Waals surface area contributed by atoms with E-state index in [1.54, 1.807) is 0 Å². The van der Waals surface area contributed by atoms with Gasteiger partial charge in [0.2, 0.25) is 5.91 Å². The van der Waals surface area contributed by atoms with Crippen LogP contribution in [0.4, 0.5) is 18.9 Å². The van der Waals surface area contributed by atoms with Crippen molar-refractivity contribution in [2.75, 3.05) is 13.1 Å². The van der Waals surface area contributed by atoms with E-state index in [2.05, 4.69) is 5.32 Å². The lowest BCUT2D eigenvalue weighted by molar-refractivity contribution is -0.385. The number of carbonyl (C=O) groups is 1. The Morgan fingerprint density at radius 1 is 1.45 bits per heavy atom. The molecule has 1 amide bonds. The summed E-state index contributed by atoms with van der Waals surface area (Å²) in [5.74, 6) is -0.696. The minimum atomic E-state index is -4.53. The summed E-state index contributed by atoms with van der Waals surface area (Å²) in [5, 5.41) is 13.3. The number of nitrogens with zero attached hydrogens (tertiary/aromatic N) is 2. The summed E-state index contributed by atoms with van der Waals surface area (Å²) >= 11 is 0. The topological polar surface area (TPSA) is 75.5 Å². The normalized spacial score (nSPS) is 19.4. The van der Waals surface area contributed by atoms with Crippen LogP contribution in [0.3, 0.4) is 0 Å². The van der Waals surface area contributed by atoms with Crippen LogP contribution >= 0.6 is 0 Å². The van der Waals surface area contributed by atoms with Gasteiger partial charge in [0.1, 0.15) is 12.7 Å². The first-order valence-electron chi connectivity index (χ1n) is 5.62.